The van der Waals surface area contributed by atoms with Crippen molar-refractivity contribution < 1.29 is 4.79 Å². The van der Waals surface area contributed by atoms with E-state index in [1.165, 1.54) is 22.2 Å². The van der Waals surface area contributed by atoms with Gasteiger partial charge in [0.15, 0.2) is 5.16 Å². The maximum Gasteiger partial charge on any atom is 0.233 e. The van der Waals surface area contributed by atoms with Crippen LogP contribution in [-0.2, 0) is 24.2 Å². The van der Waals surface area contributed by atoms with Gasteiger partial charge in [-0.2, -0.15) is 0 Å². The minimum atomic E-state index is 0.127. The lowest BCUT2D eigenvalue weighted by molar-refractivity contribution is -0.129. The van der Waals surface area contributed by atoms with E-state index in [-0.39, 0.29) is 5.91 Å². The van der Waals surface area contributed by atoms with Gasteiger partial charge in [-0.05, 0) is 53.3 Å². The molecular formula is C24H21ClN4OS2. The predicted molar refractivity (Wildman–Crippen MR) is 130 cm³/mol. The summed E-state index contributed by atoms with van der Waals surface area (Å²) in [6.45, 7) is 1.47. The highest BCUT2D eigenvalue weighted by molar-refractivity contribution is 7.99. The predicted octanol–water partition coefficient (Wildman–Crippen LogP) is 5.25. The van der Waals surface area contributed by atoms with Crippen LogP contribution in [0.15, 0.2) is 71.2 Å². The summed E-state index contributed by atoms with van der Waals surface area (Å²) in [5.41, 5.74) is 3.36. The summed E-state index contributed by atoms with van der Waals surface area (Å²) in [7, 11) is 0. The summed E-state index contributed by atoms with van der Waals surface area (Å²) in [6, 6.07) is 19.9. The number of hydrogen-bond acceptors (Lipinski definition) is 5. The number of thiophene rings is 1. The standard InChI is InChI=1S/C24H21ClN4OS2/c25-19-6-8-20(9-7-19)29-22(14-17-4-2-1-3-5-17)26-27-24(29)32-16-23(30)28-12-10-21-18(15-28)11-13-31-21/h1-9,11,13H,10,12,14-16H2. The molecule has 0 fully saturated rings. The molecule has 0 bridgehead atoms. The van der Waals surface area contributed by atoms with Gasteiger partial charge >= 0.3 is 0 Å². The van der Waals surface area contributed by atoms with Gasteiger partial charge in [-0.15, -0.1) is 21.5 Å². The average molecular weight is 481 g/mol. The minimum Gasteiger partial charge on any atom is -0.337 e. The van der Waals surface area contributed by atoms with Gasteiger partial charge < -0.3 is 4.90 Å². The van der Waals surface area contributed by atoms with Crippen molar-refractivity contribution in [1.29, 1.82) is 0 Å². The van der Waals surface area contributed by atoms with E-state index >= 15 is 0 Å². The van der Waals surface area contributed by atoms with Crippen LogP contribution in [0.2, 0.25) is 5.02 Å². The molecule has 162 valence electrons. The number of fused-ring (bicyclic) bond motifs is 1. The average Bonchev–Trinajstić information content (AvgIpc) is 3.45. The molecule has 0 atom stereocenters. The summed E-state index contributed by atoms with van der Waals surface area (Å²) in [5, 5.41) is 12.4. The van der Waals surface area contributed by atoms with Crippen LogP contribution < -0.4 is 0 Å². The number of thioether (sulfide) groups is 1. The molecule has 8 heteroatoms. The summed E-state index contributed by atoms with van der Waals surface area (Å²) < 4.78 is 2.02. The van der Waals surface area contributed by atoms with Crippen molar-refractivity contribution in [3.05, 3.63) is 92.9 Å². The summed E-state index contributed by atoms with van der Waals surface area (Å²) in [6.07, 6.45) is 1.59. The summed E-state index contributed by atoms with van der Waals surface area (Å²) in [5.74, 6) is 1.28. The molecule has 4 aromatic rings. The van der Waals surface area contributed by atoms with Crippen LogP contribution in [0.3, 0.4) is 0 Å². The molecule has 0 N–H and O–H groups in total. The van der Waals surface area contributed by atoms with Gasteiger partial charge in [-0.1, -0.05) is 53.7 Å². The molecular weight excluding hydrogens is 460 g/mol. The summed E-state index contributed by atoms with van der Waals surface area (Å²) >= 11 is 9.31. The number of nitrogens with zero attached hydrogens (tertiary/aromatic N) is 4. The van der Waals surface area contributed by atoms with Crippen LogP contribution in [-0.4, -0.2) is 37.9 Å². The first-order valence-corrected chi connectivity index (χ1v) is 12.6. The third kappa shape index (κ3) is 4.60. The highest BCUT2D eigenvalue weighted by Crippen LogP contribution is 2.27. The zero-order chi connectivity index (χ0) is 21.9. The number of amides is 1. The van der Waals surface area contributed by atoms with Gasteiger partial charge in [0, 0.05) is 35.1 Å². The van der Waals surface area contributed by atoms with E-state index in [0.717, 1.165) is 30.0 Å². The minimum absolute atomic E-state index is 0.127. The van der Waals surface area contributed by atoms with Crippen molar-refractivity contribution in [2.45, 2.75) is 24.5 Å². The second-order valence-electron chi connectivity index (χ2n) is 7.60. The SMILES string of the molecule is O=C(CSc1nnc(Cc2ccccc2)n1-c1ccc(Cl)cc1)N1CCc2sccc2C1. The molecule has 5 rings (SSSR count). The molecule has 1 aliphatic rings. The summed E-state index contributed by atoms with van der Waals surface area (Å²) in [4.78, 5) is 16.3. The maximum absolute atomic E-state index is 12.9. The van der Waals surface area contributed by atoms with E-state index < -0.39 is 0 Å². The van der Waals surface area contributed by atoms with Gasteiger partial charge in [0.25, 0.3) is 0 Å². The molecule has 0 radical (unpaired) electrons. The molecule has 3 heterocycles. The number of benzene rings is 2. The topological polar surface area (TPSA) is 51.0 Å². The first kappa shape index (κ1) is 21.2. The first-order valence-electron chi connectivity index (χ1n) is 10.4. The van der Waals surface area contributed by atoms with Crippen LogP contribution >= 0.6 is 34.7 Å². The molecule has 32 heavy (non-hydrogen) atoms. The van der Waals surface area contributed by atoms with E-state index in [1.54, 1.807) is 11.3 Å². The molecule has 0 spiro atoms. The van der Waals surface area contributed by atoms with E-state index in [0.29, 0.717) is 28.9 Å². The van der Waals surface area contributed by atoms with Crippen LogP contribution in [0, 0.1) is 0 Å². The molecule has 5 nitrogen and oxygen atoms in total. The van der Waals surface area contributed by atoms with Crippen molar-refractivity contribution >= 4 is 40.6 Å². The van der Waals surface area contributed by atoms with Crippen molar-refractivity contribution in [2.75, 3.05) is 12.3 Å². The van der Waals surface area contributed by atoms with Gasteiger partial charge in [-0.3, -0.25) is 9.36 Å². The highest BCUT2D eigenvalue weighted by atomic mass is 35.5. The van der Waals surface area contributed by atoms with Crippen LogP contribution in [0.5, 0.6) is 0 Å². The first-order chi connectivity index (χ1) is 15.7. The Morgan fingerprint density at radius 2 is 1.88 bits per heavy atom. The molecule has 0 unspecified atom stereocenters. The third-order valence-electron chi connectivity index (χ3n) is 5.48. The zero-order valence-corrected chi connectivity index (χ0v) is 19.7. The maximum atomic E-state index is 12.9. The molecule has 0 aliphatic carbocycles. The fourth-order valence-electron chi connectivity index (χ4n) is 3.82. The number of halogens is 1. The largest absolute Gasteiger partial charge is 0.337 e. The molecule has 2 aromatic carbocycles. The Balaban J connectivity index is 1.36. The Hall–Kier alpha value is -2.61. The number of carbonyl (C=O) groups is 1. The number of aromatic nitrogens is 3. The molecule has 1 aliphatic heterocycles. The fourth-order valence-corrected chi connectivity index (χ4v) is 5.70. The second kappa shape index (κ2) is 9.48. The second-order valence-corrected chi connectivity index (χ2v) is 9.98. The van der Waals surface area contributed by atoms with E-state index in [9.17, 15) is 4.79 Å². The molecule has 1 amide bonds. The number of carbonyl (C=O) groups excluding carboxylic acids is 1. The Labute approximate surface area is 200 Å². The van der Waals surface area contributed by atoms with Gasteiger partial charge in [0.2, 0.25) is 5.91 Å². The van der Waals surface area contributed by atoms with Crippen molar-refractivity contribution in [3.63, 3.8) is 0 Å². The normalized spacial score (nSPS) is 13.2. The Kier molecular flexibility index (Phi) is 6.30. The van der Waals surface area contributed by atoms with Crippen molar-refractivity contribution in [3.8, 4) is 5.69 Å². The quantitative estimate of drug-likeness (QED) is 0.354. The molecule has 2 aromatic heterocycles. The van der Waals surface area contributed by atoms with Gasteiger partial charge in [0.05, 0.1) is 5.75 Å². The fraction of sp³-hybridized carbons (Fsp3) is 0.208. The molecule has 0 saturated carbocycles. The lowest BCUT2D eigenvalue weighted by Gasteiger charge is -2.26. The zero-order valence-electron chi connectivity index (χ0n) is 17.3. The highest BCUT2D eigenvalue weighted by Gasteiger charge is 2.23. The lowest BCUT2D eigenvalue weighted by Crippen LogP contribution is -2.36. The van der Waals surface area contributed by atoms with E-state index in [1.807, 2.05) is 51.9 Å². The smallest absolute Gasteiger partial charge is 0.233 e. The van der Waals surface area contributed by atoms with Crippen LogP contribution in [0.25, 0.3) is 5.69 Å². The van der Waals surface area contributed by atoms with E-state index in [2.05, 4.69) is 33.8 Å². The number of hydrogen-bond donors (Lipinski definition) is 0. The van der Waals surface area contributed by atoms with Crippen LogP contribution in [0.4, 0.5) is 0 Å². The van der Waals surface area contributed by atoms with Crippen LogP contribution in [0.1, 0.15) is 21.8 Å². The monoisotopic (exact) mass is 480 g/mol. The lowest BCUT2D eigenvalue weighted by atomic mass is 10.1. The van der Waals surface area contributed by atoms with Crippen molar-refractivity contribution in [1.82, 2.24) is 19.7 Å². The van der Waals surface area contributed by atoms with Gasteiger partial charge in [-0.25, -0.2) is 0 Å². The van der Waals surface area contributed by atoms with E-state index in [4.69, 9.17) is 11.6 Å². The van der Waals surface area contributed by atoms with Gasteiger partial charge in [0.1, 0.15) is 5.82 Å². The Bertz CT molecular complexity index is 1220. The van der Waals surface area contributed by atoms with Crippen molar-refractivity contribution in [2.24, 2.45) is 0 Å². The Morgan fingerprint density at radius 3 is 2.69 bits per heavy atom. The third-order valence-corrected chi connectivity index (χ3v) is 7.66. The number of rotatable bonds is 6. The Morgan fingerprint density at radius 1 is 1.06 bits per heavy atom. The molecule has 0 saturated heterocycles.